The van der Waals surface area contributed by atoms with E-state index in [0.717, 1.165) is 5.56 Å². The second-order valence-electron chi connectivity index (χ2n) is 5.17. The normalized spacial score (nSPS) is 19.8. The number of aromatic nitrogens is 3. The number of benzene rings is 1. The molecule has 0 saturated heterocycles. The molecule has 0 saturated carbocycles. The summed E-state index contributed by atoms with van der Waals surface area (Å²) in [6.07, 6.45) is 1.45. The number of carbonyl (C=O) groups is 1. The molecule has 0 spiro atoms. The van der Waals surface area contributed by atoms with Gasteiger partial charge in [-0.15, -0.1) is 0 Å². The van der Waals surface area contributed by atoms with Crippen LogP contribution in [0.25, 0.3) is 0 Å². The second kappa shape index (κ2) is 6.62. The molecule has 7 nitrogen and oxygen atoms in total. The monoisotopic (exact) mass is 314 g/mol. The highest BCUT2D eigenvalue weighted by atomic mass is 16.6. The lowest BCUT2D eigenvalue weighted by Gasteiger charge is -2.33. The van der Waals surface area contributed by atoms with Gasteiger partial charge in [-0.2, -0.15) is 10.1 Å². The van der Waals surface area contributed by atoms with Gasteiger partial charge in [0, 0.05) is 12.8 Å². The maximum absolute atomic E-state index is 12.6. The first kappa shape index (κ1) is 15.2. The third kappa shape index (κ3) is 2.95. The Morgan fingerprint density at radius 2 is 2.13 bits per heavy atom. The lowest BCUT2D eigenvalue weighted by Crippen LogP contribution is -2.38. The van der Waals surface area contributed by atoms with Crippen molar-refractivity contribution in [1.82, 2.24) is 14.8 Å². The molecule has 1 aromatic carbocycles. The predicted molar refractivity (Wildman–Crippen MR) is 83.7 cm³/mol. The minimum Gasteiger partial charge on any atom is -0.463 e. The first-order valence-electron chi connectivity index (χ1n) is 7.28. The average Bonchev–Trinajstić information content (AvgIpc) is 3.02. The smallest absolute Gasteiger partial charge is 0.317 e. The lowest BCUT2D eigenvalue weighted by molar-refractivity contribution is -0.149. The van der Waals surface area contributed by atoms with E-state index in [0.29, 0.717) is 18.3 Å². The Morgan fingerprint density at radius 1 is 1.35 bits per heavy atom. The van der Waals surface area contributed by atoms with Gasteiger partial charge in [0.15, 0.2) is 0 Å². The van der Waals surface area contributed by atoms with E-state index in [2.05, 4.69) is 22.0 Å². The topological polar surface area (TPSA) is 78.3 Å². The molecule has 0 radical (unpaired) electrons. The maximum Gasteiger partial charge on any atom is 0.317 e. The molecule has 2 atom stereocenters. The van der Waals surface area contributed by atoms with Gasteiger partial charge in [-0.3, -0.25) is 4.79 Å². The Balaban J connectivity index is 1.95. The van der Waals surface area contributed by atoms with Crippen molar-refractivity contribution in [1.29, 1.82) is 0 Å². The van der Waals surface area contributed by atoms with E-state index in [1.54, 1.807) is 11.8 Å². The van der Waals surface area contributed by atoms with Crippen LogP contribution in [0.1, 0.15) is 11.6 Å². The number of ether oxygens (including phenoxy) is 2. The van der Waals surface area contributed by atoms with Crippen molar-refractivity contribution >= 4 is 11.9 Å². The zero-order valence-corrected chi connectivity index (χ0v) is 12.8. The van der Waals surface area contributed by atoms with Crippen LogP contribution in [0.15, 0.2) is 48.9 Å². The molecule has 1 aliphatic rings. The third-order valence-electron chi connectivity index (χ3n) is 3.73. The number of nitrogens with one attached hydrogen (secondary N) is 1. The maximum atomic E-state index is 12.6. The van der Waals surface area contributed by atoms with Crippen LogP contribution in [0.2, 0.25) is 0 Å². The second-order valence-corrected chi connectivity index (χ2v) is 5.17. The van der Waals surface area contributed by atoms with Crippen LogP contribution in [-0.2, 0) is 14.3 Å². The Morgan fingerprint density at radius 3 is 2.87 bits per heavy atom. The van der Waals surface area contributed by atoms with E-state index in [1.807, 2.05) is 30.3 Å². The van der Waals surface area contributed by atoms with Crippen LogP contribution in [-0.4, -0.2) is 41.1 Å². The van der Waals surface area contributed by atoms with Crippen molar-refractivity contribution in [2.45, 2.75) is 6.04 Å². The fraction of sp³-hybridized carbons (Fsp3) is 0.312. The number of esters is 1. The summed E-state index contributed by atoms with van der Waals surface area (Å²) in [6, 6.07) is 9.31. The summed E-state index contributed by atoms with van der Waals surface area (Å²) >= 11 is 0. The minimum absolute atomic E-state index is 0.199. The molecule has 0 fully saturated rings. The summed E-state index contributed by atoms with van der Waals surface area (Å²) in [6.45, 7) is 4.52. The number of methoxy groups -OCH3 is 1. The first-order chi connectivity index (χ1) is 11.2. The molecule has 120 valence electrons. The van der Waals surface area contributed by atoms with Crippen LogP contribution in [0.5, 0.6) is 0 Å². The molecule has 1 N–H and O–H groups in total. The van der Waals surface area contributed by atoms with E-state index in [4.69, 9.17) is 9.47 Å². The third-order valence-corrected chi connectivity index (χ3v) is 3.73. The van der Waals surface area contributed by atoms with Gasteiger partial charge in [0.25, 0.3) is 0 Å². The number of anilines is 1. The quantitative estimate of drug-likeness (QED) is 0.667. The van der Waals surface area contributed by atoms with Gasteiger partial charge in [0.05, 0.1) is 12.6 Å². The summed E-state index contributed by atoms with van der Waals surface area (Å²) in [5.41, 5.74) is 1.48. The van der Waals surface area contributed by atoms with Gasteiger partial charge in [-0.25, -0.2) is 4.68 Å². The average molecular weight is 314 g/mol. The van der Waals surface area contributed by atoms with Crippen molar-refractivity contribution in [2.24, 2.45) is 5.92 Å². The molecule has 1 aromatic heterocycles. The molecule has 0 amide bonds. The molecule has 0 unspecified atom stereocenters. The molecular formula is C16H18N4O3. The molecule has 7 heteroatoms. The Labute approximate surface area is 133 Å². The Bertz CT molecular complexity index is 698. The number of fused-ring (bicyclic) bond motifs is 1. The number of carbonyl (C=O) groups excluding carboxylic acids is 1. The SMILES string of the molecule is C=C1Nc2ncnn2[C@@H](c2ccccc2)[C@@H]1C(=O)OCCOC. The van der Waals surface area contributed by atoms with Gasteiger partial charge in [0.1, 0.15) is 18.9 Å². The summed E-state index contributed by atoms with van der Waals surface area (Å²) in [5, 5.41) is 7.27. The van der Waals surface area contributed by atoms with Crippen LogP contribution in [0.3, 0.4) is 0 Å². The van der Waals surface area contributed by atoms with Crippen molar-refractivity contribution in [2.75, 3.05) is 25.6 Å². The zero-order chi connectivity index (χ0) is 16.2. The highest BCUT2D eigenvalue weighted by Crippen LogP contribution is 2.37. The van der Waals surface area contributed by atoms with Gasteiger partial charge >= 0.3 is 5.97 Å². The lowest BCUT2D eigenvalue weighted by atomic mass is 9.89. The zero-order valence-electron chi connectivity index (χ0n) is 12.8. The molecule has 23 heavy (non-hydrogen) atoms. The van der Waals surface area contributed by atoms with Crippen molar-refractivity contribution in [3.05, 3.63) is 54.5 Å². The molecule has 2 heterocycles. The van der Waals surface area contributed by atoms with Gasteiger partial charge in [-0.1, -0.05) is 36.9 Å². The fourth-order valence-electron chi connectivity index (χ4n) is 2.67. The predicted octanol–water partition coefficient (Wildman–Crippen LogP) is 1.61. The van der Waals surface area contributed by atoms with Crippen LogP contribution < -0.4 is 5.32 Å². The van der Waals surface area contributed by atoms with E-state index in [-0.39, 0.29) is 18.6 Å². The van der Waals surface area contributed by atoms with Crippen molar-refractivity contribution in [3.63, 3.8) is 0 Å². The number of rotatable bonds is 5. The summed E-state index contributed by atoms with van der Waals surface area (Å²) < 4.78 is 11.9. The standard InChI is InChI=1S/C16H18N4O3/c1-11-13(15(21)23-9-8-22-2)14(12-6-4-3-5-7-12)20-16(19-11)17-10-18-20/h3-7,10,13-14H,1,8-9H2,2H3,(H,17,18,19)/t13-,14+/m1/s1. The van der Waals surface area contributed by atoms with E-state index in [9.17, 15) is 4.79 Å². The summed E-state index contributed by atoms with van der Waals surface area (Å²) in [4.78, 5) is 16.7. The number of hydrogen-bond acceptors (Lipinski definition) is 6. The highest BCUT2D eigenvalue weighted by Gasteiger charge is 2.40. The van der Waals surface area contributed by atoms with Crippen LogP contribution >= 0.6 is 0 Å². The molecule has 2 aromatic rings. The molecule has 1 aliphatic heterocycles. The highest BCUT2D eigenvalue weighted by molar-refractivity contribution is 5.79. The molecular weight excluding hydrogens is 296 g/mol. The molecule has 3 rings (SSSR count). The van der Waals surface area contributed by atoms with E-state index >= 15 is 0 Å². The summed E-state index contributed by atoms with van der Waals surface area (Å²) in [5.74, 6) is -0.400. The van der Waals surface area contributed by atoms with Crippen molar-refractivity contribution in [3.8, 4) is 0 Å². The van der Waals surface area contributed by atoms with Gasteiger partial charge in [0.2, 0.25) is 5.95 Å². The largest absolute Gasteiger partial charge is 0.463 e. The summed E-state index contributed by atoms with van der Waals surface area (Å²) in [7, 11) is 1.56. The Kier molecular flexibility index (Phi) is 4.38. The first-order valence-corrected chi connectivity index (χ1v) is 7.28. The van der Waals surface area contributed by atoms with Gasteiger partial charge in [-0.05, 0) is 5.56 Å². The number of nitrogens with zero attached hydrogens (tertiary/aromatic N) is 3. The molecule has 0 aliphatic carbocycles. The van der Waals surface area contributed by atoms with E-state index in [1.165, 1.54) is 6.33 Å². The minimum atomic E-state index is -0.594. The molecule has 0 bridgehead atoms. The Hall–Kier alpha value is -2.67. The van der Waals surface area contributed by atoms with E-state index < -0.39 is 5.92 Å². The van der Waals surface area contributed by atoms with Crippen LogP contribution in [0, 0.1) is 5.92 Å². The number of hydrogen-bond donors (Lipinski definition) is 1. The van der Waals surface area contributed by atoms with Crippen molar-refractivity contribution < 1.29 is 14.3 Å². The fourth-order valence-corrected chi connectivity index (χ4v) is 2.67. The van der Waals surface area contributed by atoms with Crippen LogP contribution in [0.4, 0.5) is 5.95 Å². The van der Waals surface area contributed by atoms with Gasteiger partial charge < -0.3 is 14.8 Å².